The van der Waals surface area contributed by atoms with E-state index >= 15 is 0 Å². The molecular formula is C23H26ClN5O2. The second-order valence-electron chi connectivity index (χ2n) is 7.53. The normalized spacial score (nSPS) is 16.6. The fraction of sp³-hybridized carbons (Fsp3) is 0.348. The molecule has 1 unspecified atom stereocenters. The molecule has 8 heteroatoms. The van der Waals surface area contributed by atoms with Gasteiger partial charge in [-0.1, -0.05) is 17.7 Å². The van der Waals surface area contributed by atoms with E-state index in [1.807, 2.05) is 11.0 Å². The van der Waals surface area contributed by atoms with Crippen LogP contribution in [-0.2, 0) is 6.54 Å². The lowest BCUT2D eigenvalue weighted by molar-refractivity contribution is 0.160. The summed E-state index contributed by atoms with van der Waals surface area (Å²) in [5.74, 6) is 1.31. The first-order valence-corrected chi connectivity index (χ1v) is 10.5. The Kier molecular flexibility index (Phi) is 7.50. The summed E-state index contributed by atoms with van der Waals surface area (Å²) in [6.07, 6.45) is 1.87. The van der Waals surface area contributed by atoms with Crippen LogP contribution in [0.2, 0.25) is 5.02 Å². The van der Waals surface area contributed by atoms with Gasteiger partial charge >= 0.3 is 0 Å². The molecule has 0 aliphatic carbocycles. The number of aliphatic hydroxyl groups is 1. The summed E-state index contributed by atoms with van der Waals surface area (Å²) in [7, 11) is 1.56. The van der Waals surface area contributed by atoms with E-state index in [4.69, 9.17) is 27.5 Å². The van der Waals surface area contributed by atoms with Crippen LogP contribution in [-0.4, -0.2) is 48.5 Å². The average Bonchev–Trinajstić information content (AvgIpc) is 2.81. The van der Waals surface area contributed by atoms with Crippen molar-refractivity contribution in [1.29, 1.82) is 10.7 Å². The van der Waals surface area contributed by atoms with Crippen LogP contribution in [0.15, 0.2) is 41.4 Å². The molecule has 7 nitrogen and oxygen atoms in total. The van der Waals surface area contributed by atoms with Crippen molar-refractivity contribution >= 4 is 23.3 Å². The molecule has 0 bridgehead atoms. The van der Waals surface area contributed by atoms with E-state index in [9.17, 15) is 10.4 Å². The predicted octanol–water partition coefficient (Wildman–Crippen LogP) is 3.16. The number of halogens is 1. The van der Waals surface area contributed by atoms with Crippen LogP contribution >= 0.6 is 11.6 Å². The maximum absolute atomic E-state index is 9.51. The summed E-state index contributed by atoms with van der Waals surface area (Å²) in [6, 6.07) is 12.6. The minimum Gasteiger partial charge on any atom is -0.495 e. The van der Waals surface area contributed by atoms with Crippen molar-refractivity contribution in [2.45, 2.75) is 19.4 Å². The molecule has 0 aromatic heterocycles. The fourth-order valence-electron chi connectivity index (χ4n) is 3.69. The number of likely N-dealkylation sites (tertiary alicyclic amines) is 1. The molecule has 0 spiro atoms. The highest BCUT2D eigenvalue weighted by Gasteiger charge is 2.24. The zero-order valence-corrected chi connectivity index (χ0v) is 18.2. The number of aliphatic imine (C=N–C) groups is 1. The number of piperidine rings is 1. The van der Waals surface area contributed by atoms with Crippen molar-refractivity contribution in [2.24, 2.45) is 16.6 Å². The van der Waals surface area contributed by atoms with Gasteiger partial charge in [0.25, 0.3) is 0 Å². The van der Waals surface area contributed by atoms with Crippen LogP contribution in [0, 0.1) is 22.7 Å². The molecule has 3 rings (SSSR count). The van der Waals surface area contributed by atoms with Crippen LogP contribution in [0.1, 0.15) is 35.1 Å². The van der Waals surface area contributed by atoms with Gasteiger partial charge in [-0.2, -0.15) is 5.26 Å². The summed E-state index contributed by atoms with van der Waals surface area (Å²) in [5.41, 5.74) is 8.79. The van der Waals surface area contributed by atoms with Crippen LogP contribution in [0.5, 0.6) is 5.75 Å². The van der Waals surface area contributed by atoms with E-state index < -0.39 is 0 Å². The number of nitrogens with zero attached hydrogens (tertiary/aromatic N) is 3. The summed E-state index contributed by atoms with van der Waals surface area (Å²) in [6.45, 7) is 1.78. The third-order valence-electron chi connectivity index (χ3n) is 5.42. The van der Waals surface area contributed by atoms with E-state index in [-0.39, 0.29) is 18.4 Å². The topological polar surface area (TPSA) is 119 Å². The Hall–Kier alpha value is -3.08. The molecule has 1 aliphatic rings. The lowest BCUT2D eigenvalue weighted by Gasteiger charge is -2.34. The second kappa shape index (κ2) is 10.3. The molecule has 1 aliphatic heterocycles. The van der Waals surface area contributed by atoms with Crippen molar-refractivity contribution in [2.75, 3.05) is 26.8 Å². The Morgan fingerprint density at radius 3 is 2.84 bits per heavy atom. The number of ether oxygens (including phenoxy) is 1. The number of rotatable bonds is 6. The van der Waals surface area contributed by atoms with Gasteiger partial charge in [0.2, 0.25) is 0 Å². The van der Waals surface area contributed by atoms with Crippen LogP contribution in [0.4, 0.5) is 0 Å². The van der Waals surface area contributed by atoms with E-state index in [0.29, 0.717) is 46.4 Å². The molecule has 0 radical (unpaired) electrons. The van der Waals surface area contributed by atoms with Gasteiger partial charge in [-0.25, -0.2) is 0 Å². The molecule has 2 aromatic carbocycles. The average molecular weight is 440 g/mol. The predicted molar refractivity (Wildman–Crippen MR) is 122 cm³/mol. The quantitative estimate of drug-likeness (QED) is 0.471. The fourth-order valence-corrected chi connectivity index (χ4v) is 3.97. The third kappa shape index (κ3) is 5.35. The van der Waals surface area contributed by atoms with Gasteiger partial charge in [0.05, 0.1) is 30.3 Å². The summed E-state index contributed by atoms with van der Waals surface area (Å²) in [4.78, 5) is 6.44. The van der Waals surface area contributed by atoms with Crippen molar-refractivity contribution in [1.82, 2.24) is 4.90 Å². The summed E-state index contributed by atoms with van der Waals surface area (Å²) in [5, 5.41) is 28.1. The van der Waals surface area contributed by atoms with E-state index in [1.165, 1.54) is 0 Å². The second-order valence-corrected chi connectivity index (χ2v) is 7.94. The van der Waals surface area contributed by atoms with Gasteiger partial charge in [-0.05, 0) is 54.7 Å². The number of amidine groups is 2. The number of nitrogens with two attached hydrogens (primary N) is 1. The number of methoxy groups -OCH3 is 1. The molecule has 0 amide bonds. The van der Waals surface area contributed by atoms with Gasteiger partial charge in [0.1, 0.15) is 17.4 Å². The van der Waals surface area contributed by atoms with E-state index in [2.05, 4.69) is 11.1 Å². The first-order valence-electron chi connectivity index (χ1n) is 10.1. The molecule has 31 heavy (non-hydrogen) atoms. The van der Waals surface area contributed by atoms with Crippen molar-refractivity contribution < 1.29 is 9.84 Å². The van der Waals surface area contributed by atoms with Crippen LogP contribution in [0.3, 0.4) is 0 Å². The number of nitriles is 1. The Balaban J connectivity index is 1.88. The van der Waals surface area contributed by atoms with Crippen LogP contribution < -0.4 is 10.5 Å². The van der Waals surface area contributed by atoms with E-state index in [0.717, 1.165) is 24.9 Å². The number of hydrogen-bond acceptors (Lipinski definition) is 5. The molecule has 1 atom stereocenters. The molecule has 2 aromatic rings. The smallest absolute Gasteiger partial charge is 0.137 e. The number of hydrogen-bond donors (Lipinski definition) is 3. The number of nitrogens with one attached hydrogen (secondary N) is 1. The molecule has 0 saturated carbocycles. The minimum atomic E-state index is 0.109. The maximum Gasteiger partial charge on any atom is 0.137 e. The first kappa shape index (κ1) is 22.6. The number of benzene rings is 2. The Labute approximate surface area is 187 Å². The van der Waals surface area contributed by atoms with Crippen LogP contribution in [0.25, 0.3) is 0 Å². The zero-order valence-electron chi connectivity index (χ0n) is 17.4. The first-order chi connectivity index (χ1) is 15.0. The molecule has 1 saturated heterocycles. The lowest BCUT2D eigenvalue weighted by atomic mass is 9.96. The highest BCUT2D eigenvalue weighted by Crippen LogP contribution is 2.25. The third-order valence-corrected chi connectivity index (χ3v) is 5.72. The Bertz CT molecular complexity index is 1030. The highest BCUT2D eigenvalue weighted by atomic mass is 35.5. The highest BCUT2D eigenvalue weighted by molar-refractivity contribution is 6.32. The minimum absolute atomic E-state index is 0.109. The monoisotopic (exact) mass is 439 g/mol. The van der Waals surface area contributed by atoms with Gasteiger partial charge in [-0.15, -0.1) is 0 Å². The summed E-state index contributed by atoms with van der Waals surface area (Å²) >= 11 is 6.19. The van der Waals surface area contributed by atoms with Gasteiger partial charge in [0.15, 0.2) is 0 Å². The Morgan fingerprint density at radius 1 is 1.35 bits per heavy atom. The van der Waals surface area contributed by atoms with Crippen molar-refractivity contribution in [3.8, 4) is 11.8 Å². The molecule has 162 valence electrons. The molecular weight excluding hydrogens is 414 g/mol. The van der Waals surface area contributed by atoms with E-state index in [1.54, 1.807) is 37.4 Å². The van der Waals surface area contributed by atoms with Gasteiger partial charge < -0.3 is 20.5 Å². The molecule has 1 fully saturated rings. The SMILES string of the molecule is COc1ccc(CN=C(N)c2cc(C#N)ccc2C(=N)N2CCCC(CO)C2)cc1Cl. The Morgan fingerprint density at radius 2 is 2.16 bits per heavy atom. The standard InChI is InChI=1S/C23H26ClN5O2/c1-31-21-7-5-16(10-20(21)24)12-28-22(26)19-9-15(11-25)4-6-18(19)23(27)29-8-2-3-17(13-29)14-30/h4-7,9-10,17,27,30H,2-3,8,12-14H2,1H3,(H2,26,28). The number of aliphatic hydroxyl groups excluding tert-OH is 1. The van der Waals surface area contributed by atoms with Gasteiger partial charge in [-0.3, -0.25) is 10.4 Å². The lowest BCUT2D eigenvalue weighted by Crippen LogP contribution is -2.41. The largest absolute Gasteiger partial charge is 0.495 e. The maximum atomic E-state index is 9.51. The zero-order chi connectivity index (χ0) is 22.4. The summed E-state index contributed by atoms with van der Waals surface area (Å²) < 4.78 is 5.17. The van der Waals surface area contributed by atoms with Crippen molar-refractivity contribution in [3.63, 3.8) is 0 Å². The molecule has 4 N–H and O–H groups in total. The van der Waals surface area contributed by atoms with Crippen molar-refractivity contribution in [3.05, 3.63) is 63.7 Å². The van der Waals surface area contributed by atoms with Gasteiger partial charge in [0, 0.05) is 30.8 Å². The molecule has 1 heterocycles.